The molecule has 0 bridgehead atoms. The van der Waals surface area contributed by atoms with Crippen molar-refractivity contribution in [1.82, 2.24) is 9.47 Å². The minimum absolute atomic E-state index is 0. The fraction of sp³-hybridized carbons (Fsp3) is 0.692. The lowest BCUT2D eigenvalue weighted by Crippen LogP contribution is -3.00. The van der Waals surface area contributed by atoms with Crippen molar-refractivity contribution in [3.63, 3.8) is 0 Å². The zero-order valence-corrected chi connectivity index (χ0v) is 12.9. The molecule has 2 fully saturated rings. The largest absolute Gasteiger partial charge is 1.00 e. The van der Waals surface area contributed by atoms with Gasteiger partial charge in [0.15, 0.2) is 0 Å². The molecule has 100 valence electrons. The third kappa shape index (κ3) is 2.41. The third-order valence-corrected chi connectivity index (χ3v) is 4.23. The number of aromatic nitrogens is 2. The highest BCUT2D eigenvalue weighted by Crippen LogP contribution is 2.36. The quantitative estimate of drug-likeness (QED) is 0.411. The zero-order chi connectivity index (χ0) is 11.8. The lowest BCUT2D eigenvalue weighted by molar-refractivity contribution is -0.670. The molecular formula is C13H20IN3O. The Balaban J connectivity index is 0.00000120. The number of hydrogen-bond acceptors (Lipinski definition) is 1. The molecule has 1 aliphatic heterocycles. The van der Waals surface area contributed by atoms with Crippen LogP contribution < -0.4 is 28.5 Å². The molecule has 1 aliphatic carbocycles. The molecule has 1 aromatic heterocycles. The van der Waals surface area contributed by atoms with Crippen molar-refractivity contribution in [2.45, 2.75) is 38.1 Å². The second kappa shape index (κ2) is 5.59. The van der Waals surface area contributed by atoms with Crippen LogP contribution in [-0.4, -0.2) is 28.1 Å². The summed E-state index contributed by atoms with van der Waals surface area (Å²) in [5.74, 6) is 0.761. The number of halogens is 1. The number of carbonyl (C=O) groups is 1. The average molecular weight is 361 g/mol. The monoisotopic (exact) mass is 361 g/mol. The second-order valence-electron chi connectivity index (χ2n) is 5.36. The molecule has 0 aromatic carbocycles. The number of fused-ring (bicyclic) bond motifs is 1. The predicted molar refractivity (Wildman–Crippen MR) is 63.5 cm³/mol. The summed E-state index contributed by atoms with van der Waals surface area (Å²) >= 11 is 0. The lowest BCUT2D eigenvalue weighted by atomic mass is 9.92. The minimum atomic E-state index is 0. The first-order chi connectivity index (χ1) is 8.25. The summed E-state index contributed by atoms with van der Waals surface area (Å²) < 4.78 is 3.62. The molecule has 4 nitrogen and oxygen atoms in total. The molecule has 2 aliphatic rings. The van der Waals surface area contributed by atoms with Gasteiger partial charge in [-0.15, -0.1) is 0 Å². The van der Waals surface area contributed by atoms with Gasteiger partial charge in [-0.2, -0.15) is 4.57 Å². The first-order valence-electron chi connectivity index (χ1n) is 6.60. The molecule has 0 N–H and O–H groups in total. The van der Waals surface area contributed by atoms with E-state index in [1.165, 1.54) is 32.1 Å². The number of carbonyl (C=O) groups excluding carboxylic acids is 1. The van der Waals surface area contributed by atoms with Gasteiger partial charge in [0.2, 0.25) is 0 Å². The van der Waals surface area contributed by atoms with Crippen LogP contribution in [0.2, 0.25) is 0 Å². The number of amides is 1. The van der Waals surface area contributed by atoms with E-state index in [4.69, 9.17) is 0 Å². The Morgan fingerprint density at radius 2 is 2.06 bits per heavy atom. The maximum absolute atomic E-state index is 12.4. The Kier molecular flexibility index (Phi) is 4.29. The number of imidazole rings is 1. The number of hydrogen-bond donors (Lipinski definition) is 0. The Bertz CT molecular complexity index is 432. The van der Waals surface area contributed by atoms with Crippen LogP contribution in [0.5, 0.6) is 0 Å². The predicted octanol–water partition coefficient (Wildman–Crippen LogP) is -1.45. The molecule has 18 heavy (non-hydrogen) atoms. The van der Waals surface area contributed by atoms with Gasteiger partial charge in [-0.25, -0.2) is 9.36 Å². The van der Waals surface area contributed by atoms with Gasteiger partial charge in [-0.1, -0.05) is 6.42 Å². The summed E-state index contributed by atoms with van der Waals surface area (Å²) in [5, 5.41) is 0. The standard InChI is InChI=1S/C13H20N3O.HI/c1-14-8-9-15(10-14)13(17)16-7-3-5-11-4-2-6-12(11)16;/h8-12H,2-7H2,1H3;1H/q+1;/p-1. The Hall–Kier alpha value is -0.590. The van der Waals surface area contributed by atoms with Gasteiger partial charge in [0.1, 0.15) is 12.4 Å². The van der Waals surface area contributed by atoms with Crippen LogP contribution >= 0.6 is 0 Å². The topological polar surface area (TPSA) is 29.1 Å². The molecule has 2 atom stereocenters. The van der Waals surface area contributed by atoms with Gasteiger partial charge in [0.25, 0.3) is 6.33 Å². The highest BCUT2D eigenvalue weighted by Gasteiger charge is 2.39. The van der Waals surface area contributed by atoms with Crippen molar-refractivity contribution in [3.8, 4) is 0 Å². The van der Waals surface area contributed by atoms with E-state index in [-0.39, 0.29) is 30.0 Å². The van der Waals surface area contributed by atoms with E-state index in [1.54, 1.807) is 4.57 Å². The Labute approximate surface area is 125 Å². The number of piperidine rings is 1. The molecule has 5 heteroatoms. The highest BCUT2D eigenvalue weighted by atomic mass is 127. The number of rotatable bonds is 0. The number of nitrogens with zero attached hydrogens (tertiary/aromatic N) is 3. The van der Waals surface area contributed by atoms with Crippen LogP contribution in [0.1, 0.15) is 32.1 Å². The van der Waals surface area contributed by atoms with Gasteiger partial charge in [0, 0.05) is 12.6 Å². The van der Waals surface area contributed by atoms with E-state index in [0.29, 0.717) is 6.04 Å². The van der Waals surface area contributed by atoms with Crippen molar-refractivity contribution in [1.29, 1.82) is 0 Å². The molecule has 1 aromatic rings. The average Bonchev–Trinajstić information content (AvgIpc) is 2.95. The zero-order valence-electron chi connectivity index (χ0n) is 10.8. The van der Waals surface area contributed by atoms with E-state index in [1.807, 2.05) is 30.3 Å². The second-order valence-corrected chi connectivity index (χ2v) is 5.36. The SMILES string of the molecule is C[n+]1ccn(C(=O)N2CCCC3CCCC32)c1.[I-]. The molecule has 1 saturated heterocycles. The molecular weight excluding hydrogens is 341 g/mol. The van der Waals surface area contributed by atoms with Crippen LogP contribution in [0.3, 0.4) is 0 Å². The maximum Gasteiger partial charge on any atom is 0.416 e. The van der Waals surface area contributed by atoms with E-state index in [0.717, 1.165) is 12.5 Å². The first-order valence-corrected chi connectivity index (χ1v) is 6.60. The van der Waals surface area contributed by atoms with Crippen LogP contribution in [0.15, 0.2) is 18.7 Å². The summed E-state index contributed by atoms with van der Waals surface area (Å²) in [5.41, 5.74) is 0. The highest BCUT2D eigenvalue weighted by molar-refractivity contribution is 5.77. The smallest absolute Gasteiger partial charge is 0.416 e. The van der Waals surface area contributed by atoms with Crippen LogP contribution in [0.4, 0.5) is 4.79 Å². The van der Waals surface area contributed by atoms with Gasteiger partial charge in [-0.3, -0.25) is 0 Å². The minimum Gasteiger partial charge on any atom is -1.00 e. The molecule has 1 amide bonds. The number of aryl methyl sites for hydroxylation is 1. The first kappa shape index (κ1) is 13.8. The lowest BCUT2D eigenvalue weighted by Gasteiger charge is -2.35. The van der Waals surface area contributed by atoms with Gasteiger partial charge >= 0.3 is 6.03 Å². The van der Waals surface area contributed by atoms with Crippen molar-refractivity contribution in [2.24, 2.45) is 13.0 Å². The van der Waals surface area contributed by atoms with Gasteiger partial charge in [-0.05, 0) is 31.6 Å². The Morgan fingerprint density at radius 1 is 1.28 bits per heavy atom. The molecule has 2 heterocycles. The van der Waals surface area contributed by atoms with Crippen molar-refractivity contribution < 1.29 is 33.3 Å². The van der Waals surface area contributed by atoms with E-state index in [2.05, 4.69) is 4.90 Å². The molecule has 2 unspecified atom stereocenters. The fourth-order valence-electron chi connectivity index (χ4n) is 3.40. The third-order valence-electron chi connectivity index (χ3n) is 4.23. The molecule has 3 rings (SSSR count). The summed E-state index contributed by atoms with van der Waals surface area (Å²) in [6.45, 7) is 0.932. The van der Waals surface area contributed by atoms with Crippen molar-refractivity contribution >= 4 is 6.03 Å². The summed E-state index contributed by atoms with van der Waals surface area (Å²) in [4.78, 5) is 14.5. The molecule has 0 spiro atoms. The van der Waals surface area contributed by atoms with Crippen LogP contribution in [0.25, 0.3) is 0 Å². The van der Waals surface area contributed by atoms with Crippen molar-refractivity contribution in [3.05, 3.63) is 18.7 Å². The number of likely N-dealkylation sites (tertiary alicyclic amines) is 1. The van der Waals surface area contributed by atoms with Gasteiger partial charge in [0.05, 0.1) is 7.05 Å². The summed E-state index contributed by atoms with van der Waals surface area (Å²) in [7, 11) is 1.94. The molecule has 0 radical (unpaired) electrons. The van der Waals surface area contributed by atoms with Gasteiger partial charge < -0.3 is 28.9 Å². The van der Waals surface area contributed by atoms with Crippen LogP contribution in [0, 0.1) is 5.92 Å². The maximum atomic E-state index is 12.4. The fourth-order valence-corrected chi connectivity index (χ4v) is 3.40. The Morgan fingerprint density at radius 3 is 2.78 bits per heavy atom. The van der Waals surface area contributed by atoms with E-state index in [9.17, 15) is 4.79 Å². The molecule has 1 saturated carbocycles. The van der Waals surface area contributed by atoms with E-state index < -0.39 is 0 Å². The summed E-state index contributed by atoms with van der Waals surface area (Å²) in [6.07, 6.45) is 11.9. The summed E-state index contributed by atoms with van der Waals surface area (Å²) in [6, 6.07) is 0.658. The normalized spacial score (nSPS) is 26.6. The van der Waals surface area contributed by atoms with Crippen LogP contribution in [-0.2, 0) is 7.05 Å². The van der Waals surface area contributed by atoms with E-state index >= 15 is 0 Å². The van der Waals surface area contributed by atoms with Crippen molar-refractivity contribution in [2.75, 3.05) is 6.54 Å².